The second kappa shape index (κ2) is 15.2. The van der Waals surface area contributed by atoms with Gasteiger partial charge in [0.15, 0.2) is 5.82 Å². The molecule has 1 aliphatic carbocycles. The molecular formula is C22H42Cl3N7O3. The van der Waals surface area contributed by atoms with E-state index in [0.29, 0.717) is 17.6 Å². The van der Waals surface area contributed by atoms with Gasteiger partial charge in [-0.15, -0.1) is 42.3 Å². The number of likely N-dealkylation sites (tertiary alicyclic amines) is 1. The molecule has 1 saturated carbocycles. The Morgan fingerprint density at radius 2 is 1.37 bits per heavy atom. The maximum Gasteiger partial charge on any atom is 0.257 e. The second-order valence-electron chi connectivity index (χ2n) is 9.38. The first kappa shape index (κ1) is 33.9. The first-order valence-electron chi connectivity index (χ1n) is 11.7. The van der Waals surface area contributed by atoms with Crippen LogP contribution in [0.25, 0.3) is 5.78 Å². The minimum Gasteiger partial charge on any atom is -0.474 e. The fourth-order valence-electron chi connectivity index (χ4n) is 4.98. The number of rotatable bonds is 4. The molecule has 4 heterocycles. The highest BCUT2D eigenvalue weighted by Gasteiger charge is 2.25. The van der Waals surface area contributed by atoms with E-state index in [0.717, 1.165) is 63.8 Å². The number of piperidine rings is 1. The van der Waals surface area contributed by atoms with Crippen molar-refractivity contribution in [2.24, 2.45) is 0 Å². The maximum atomic E-state index is 6.36. The van der Waals surface area contributed by atoms with Crippen LogP contribution in [-0.4, -0.2) is 99.8 Å². The lowest BCUT2D eigenvalue weighted by molar-refractivity contribution is 0.110. The molecule has 0 radical (unpaired) electrons. The number of piperazine rings is 1. The van der Waals surface area contributed by atoms with Crippen LogP contribution in [0.5, 0.6) is 5.88 Å². The summed E-state index contributed by atoms with van der Waals surface area (Å²) in [6.45, 7) is 6.24. The summed E-state index contributed by atoms with van der Waals surface area (Å²) in [6.07, 6.45) is 8.62. The van der Waals surface area contributed by atoms with Crippen molar-refractivity contribution in [3.05, 3.63) is 11.9 Å². The Morgan fingerprint density at radius 1 is 0.771 bits per heavy atom. The number of ether oxygens (including phenoxy) is 1. The van der Waals surface area contributed by atoms with Crippen LogP contribution in [0.15, 0.2) is 6.07 Å². The van der Waals surface area contributed by atoms with Gasteiger partial charge in [0.05, 0.1) is 0 Å². The standard InChI is InChI=1S/C22H35N7O.3ClH.2H2O/c1-26-10-8-18(9-11-26)30-19-16-20(28-14-12-27(2)13-15-28)29-22(23-19)24-21(25-29)17-6-4-3-5-7-17;;;;;/h16-18H,3-15H2,1-2H3;3*1H;2*1H2. The third-order valence-corrected chi connectivity index (χ3v) is 7.04. The summed E-state index contributed by atoms with van der Waals surface area (Å²) in [4.78, 5) is 16.8. The second-order valence-corrected chi connectivity index (χ2v) is 9.38. The Hall–Kier alpha value is -1.14. The van der Waals surface area contributed by atoms with Crippen molar-refractivity contribution in [2.75, 3.05) is 58.3 Å². The molecule has 0 aromatic carbocycles. The van der Waals surface area contributed by atoms with Crippen LogP contribution < -0.4 is 9.64 Å². The van der Waals surface area contributed by atoms with E-state index >= 15 is 0 Å². The lowest BCUT2D eigenvalue weighted by atomic mass is 9.89. The van der Waals surface area contributed by atoms with Gasteiger partial charge in [-0.3, -0.25) is 0 Å². The fourth-order valence-corrected chi connectivity index (χ4v) is 4.98. The van der Waals surface area contributed by atoms with Crippen LogP contribution in [-0.2, 0) is 0 Å². The Bertz CT molecular complexity index is 869. The van der Waals surface area contributed by atoms with Crippen LogP contribution in [0.4, 0.5) is 5.82 Å². The van der Waals surface area contributed by atoms with Crippen LogP contribution in [0.3, 0.4) is 0 Å². The van der Waals surface area contributed by atoms with Crippen molar-refractivity contribution in [1.82, 2.24) is 29.4 Å². The molecule has 0 unspecified atom stereocenters. The van der Waals surface area contributed by atoms with Crippen LogP contribution in [0, 0.1) is 0 Å². The molecule has 35 heavy (non-hydrogen) atoms. The van der Waals surface area contributed by atoms with Gasteiger partial charge in [0.1, 0.15) is 11.9 Å². The average Bonchev–Trinajstić information content (AvgIpc) is 3.20. The lowest BCUT2D eigenvalue weighted by Crippen LogP contribution is -2.45. The number of hydrogen-bond donors (Lipinski definition) is 0. The third-order valence-electron chi connectivity index (χ3n) is 7.04. The number of likely N-dealkylation sites (N-methyl/N-ethyl adjacent to an activating group) is 1. The van der Waals surface area contributed by atoms with Gasteiger partial charge in [-0.25, -0.2) is 0 Å². The Balaban J connectivity index is 0.00000231. The first-order chi connectivity index (χ1) is 14.7. The summed E-state index contributed by atoms with van der Waals surface area (Å²) in [6, 6.07) is 2.09. The number of halogens is 3. The van der Waals surface area contributed by atoms with E-state index in [1.807, 2.05) is 4.52 Å². The average molecular weight is 559 g/mol. The highest BCUT2D eigenvalue weighted by atomic mass is 35.5. The minimum atomic E-state index is 0. The molecular weight excluding hydrogens is 517 g/mol. The molecule has 10 nitrogen and oxygen atoms in total. The first-order valence-corrected chi connectivity index (χ1v) is 11.7. The van der Waals surface area contributed by atoms with Crippen molar-refractivity contribution in [3.63, 3.8) is 0 Å². The third kappa shape index (κ3) is 7.92. The molecule has 3 aliphatic rings. The van der Waals surface area contributed by atoms with Gasteiger partial charge < -0.3 is 30.4 Å². The maximum absolute atomic E-state index is 6.36. The van der Waals surface area contributed by atoms with Gasteiger partial charge in [-0.2, -0.15) is 14.5 Å². The van der Waals surface area contributed by atoms with E-state index in [-0.39, 0.29) is 54.3 Å². The van der Waals surface area contributed by atoms with E-state index in [1.165, 1.54) is 32.1 Å². The quantitative estimate of drug-likeness (QED) is 0.562. The summed E-state index contributed by atoms with van der Waals surface area (Å²) >= 11 is 0. The molecule has 0 spiro atoms. The number of nitrogens with zero attached hydrogens (tertiary/aromatic N) is 7. The van der Waals surface area contributed by atoms with Crippen molar-refractivity contribution < 1.29 is 15.7 Å². The van der Waals surface area contributed by atoms with E-state index in [1.54, 1.807) is 0 Å². The number of hydrogen-bond acceptors (Lipinski definition) is 7. The monoisotopic (exact) mass is 557 g/mol. The summed E-state index contributed by atoms with van der Waals surface area (Å²) in [5.74, 6) is 3.90. The lowest BCUT2D eigenvalue weighted by Gasteiger charge is -2.34. The summed E-state index contributed by atoms with van der Waals surface area (Å²) in [7, 11) is 4.36. The van der Waals surface area contributed by atoms with Gasteiger partial charge in [-0.05, 0) is 39.8 Å². The fraction of sp³-hybridized carbons (Fsp3) is 0.773. The predicted molar refractivity (Wildman–Crippen MR) is 146 cm³/mol. The molecule has 2 aromatic heterocycles. The molecule has 0 bridgehead atoms. The van der Waals surface area contributed by atoms with E-state index < -0.39 is 0 Å². The van der Waals surface area contributed by atoms with Crippen LogP contribution >= 0.6 is 37.2 Å². The van der Waals surface area contributed by atoms with E-state index in [9.17, 15) is 0 Å². The zero-order chi connectivity index (χ0) is 20.5. The molecule has 2 aliphatic heterocycles. The molecule has 204 valence electrons. The van der Waals surface area contributed by atoms with Gasteiger partial charge >= 0.3 is 0 Å². The molecule has 4 N–H and O–H groups in total. The normalized spacial score (nSPS) is 20.0. The molecule has 0 atom stereocenters. The predicted octanol–water partition coefficient (Wildman–Crippen LogP) is 2.01. The van der Waals surface area contributed by atoms with Crippen molar-refractivity contribution in [3.8, 4) is 5.88 Å². The molecule has 2 saturated heterocycles. The summed E-state index contributed by atoms with van der Waals surface area (Å²) in [5.41, 5.74) is 0. The van der Waals surface area contributed by atoms with Crippen molar-refractivity contribution in [1.29, 1.82) is 0 Å². The zero-order valence-electron chi connectivity index (χ0n) is 20.7. The van der Waals surface area contributed by atoms with Gasteiger partial charge in [0.25, 0.3) is 5.78 Å². The molecule has 0 amide bonds. The van der Waals surface area contributed by atoms with Gasteiger partial charge in [0.2, 0.25) is 5.88 Å². The number of fused-ring (bicyclic) bond motifs is 1. The number of anilines is 1. The topological polar surface area (TPSA) is 125 Å². The van der Waals surface area contributed by atoms with E-state index in [4.69, 9.17) is 19.8 Å². The smallest absolute Gasteiger partial charge is 0.257 e. The van der Waals surface area contributed by atoms with Crippen molar-refractivity contribution >= 4 is 48.8 Å². The van der Waals surface area contributed by atoms with Gasteiger partial charge in [-0.1, -0.05) is 19.3 Å². The van der Waals surface area contributed by atoms with E-state index in [2.05, 4.69) is 34.9 Å². The Labute approximate surface area is 226 Å². The Morgan fingerprint density at radius 3 is 2.00 bits per heavy atom. The number of aromatic nitrogens is 4. The molecule has 2 aromatic rings. The summed E-state index contributed by atoms with van der Waals surface area (Å²) in [5, 5.41) is 4.95. The highest BCUT2D eigenvalue weighted by Crippen LogP contribution is 2.32. The summed E-state index contributed by atoms with van der Waals surface area (Å²) < 4.78 is 8.33. The Kier molecular flexibility index (Phi) is 14.7. The minimum absolute atomic E-state index is 0. The largest absolute Gasteiger partial charge is 0.474 e. The zero-order valence-corrected chi connectivity index (χ0v) is 23.1. The SMILES string of the molecule is CN1CCC(Oc2cc(N3CCN(C)CC3)n3nc(C4CCCCC4)nc3n2)CC1.Cl.Cl.Cl.O.O. The molecule has 5 rings (SSSR count). The van der Waals surface area contributed by atoms with Crippen LogP contribution in [0.1, 0.15) is 56.7 Å². The molecule has 13 heteroatoms. The van der Waals surface area contributed by atoms with Crippen molar-refractivity contribution in [2.45, 2.75) is 57.0 Å². The van der Waals surface area contributed by atoms with Gasteiger partial charge in [0, 0.05) is 51.3 Å². The highest BCUT2D eigenvalue weighted by molar-refractivity contribution is 5.86. The van der Waals surface area contributed by atoms with Crippen LogP contribution in [0.2, 0.25) is 0 Å². The molecule has 3 fully saturated rings.